The molecule has 0 saturated heterocycles. The van der Waals surface area contributed by atoms with Gasteiger partial charge < -0.3 is 4.18 Å². The molecular formula is C16H18O5S2. The van der Waals surface area contributed by atoms with Crippen LogP contribution in [-0.2, 0) is 20.0 Å². The molecular weight excluding hydrogens is 336 g/mol. The molecule has 7 heteroatoms. The van der Waals surface area contributed by atoms with Crippen molar-refractivity contribution in [1.82, 2.24) is 0 Å². The van der Waals surface area contributed by atoms with E-state index >= 15 is 0 Å². The van der Waals surface area contributed by atoms with Gasteiger partial charge in [-0.15, -0.1) is 0 Å². The van der Waals surface area contributed by atoms with Crippen molar-refractivity contribution in [2.24, 2.45) is 0 Å². The number of hydrogen-bond acceptors (Lipinski definition) is 5. The van der Waals surface area contributed by atoms with Crippen molar-refractivity contribution in [1.29, 1.82) is 0 Å². The van der Waals surface area contributed by atoms with E-state index in [4.69, 9.17) is 4.18 Å². The van der Waals surface area contributed by atoms with Gasteiger partial charge in [0.1, 0.15) is 10.6 Å². The molecule has 2 aromatic carbocycles. The van der Waals surface area contributed by atoms with Gasteiger partial charge in [-0.05, 0) is 50.1 Å². The fourth-order valence-corrected chi connectivity index (χ4v) is 4.15. The van der Waals surface area contributed by atoms with Gasteiger partial charge >= 0.3 is 10.1 Å². The van der Waals surface area contributed by atoms with Gasteiger partial charge in [0.05, 0.1) is 4.90 Å². The highest BCUT2D eigenvalue weighted by atomic mass is 32.2. The van der Waals surface area contributed by atoms with Crippen molar-refractivity contribution in [3.63, 3.8) is 0 Å². The van der Waals surface area contributed by atoms with Gasteiger partial charge in [0, 0.05) is 6.26 Å². The minimum absolute atomic E-state index is 0.0699. The third-order valence-corrected chi connectivity index (χ3v) is 5.65. The Kier molecular flexibility index (Phi) is 4.54. The van der Waals surface area contributed by atoms with E-state index in [9.17, 15) is 16.8 Å². The quantitative estimate of drug-likeness (QED) is 0.789. The number of rotatable bonds is 4. The van der Waals surface area contributed by atoms with Gasteiger partial charge in [0.15, 0.2) is 9.84 Å². The van der Waals surface area contributed by atoms with Crippen LogP contribution in [-0.4, -0.2) is 23.1 Å². The molecule has 0 fully saturated rings. The SMILES string of the molecule is Cc1cc(C)c(OS(=O)(=O)c2cccc(S(C)(=O)=O)c2)c(C)c1. The van der Waals surface area contributed by atoms with Crippen molar-refractivity contribution >= 4 is 20.0 Å². The molecule has 0 atom stereocenters. The van der Waals surface area contributed by atoms with Gasteiger partial charge in [0.2, 0.25) is 0 Å². The standard InChI is InChI=1S/C16H18O5S2/c1-11-8-12(2)16(13(3)9-11)21-23(19,20)15-7-5-6-14(10-15)22(4,17)18/h5-10H,1-4H3. The van der Waals surface area contributed by atoms with Crippen molar-refractivity contribution in [3.05, 3.63) is 53.1 Å². The molecule has 5 nitrogen and oxygen atoms in total. The fourth-order valence-electron chi connectivity index (χ4n) is 2.32. The van der Waals surface area contributed by atoms with Gasteiger partial charge in [-0.3, -0.25) is 0 Å². The van der Waals surface area contributed by atoms with Crippen LogP contribution in [0.4, 0.5) is 0 Å². The second-order valence-corrected chi connectivity index (χ2v) is 9.07. The first-order valence-corrected chi connectivity index (χ1v) is 10.1. The van der Waals surface area contributed by atoms with Gasteiger partial charge in [-0.25, -0.2) is 8.42 Å². The predicted octanol–water partition coefficient (Wildman–Crippen LogP) is 2.78. The zero-order chi connectivity index (χ0) is 17.4. The summed E-state index contributed by atoms with van der Waals surface area (Å²) in [6, 6.07) is 8.78. The van der Waals surface area contributed by atoms with E-state index in [1.54, 1.807) is 13.8 Å². The Bertz CT molecular complexity index is 935. The van der Waals surface area contributed by atoms with Crippen LogP contribution >= 0.6 is 0 Å². The van der Waals surface area contributed by atoms with Crippen LogP contribution in [0.5, 0.6) is 5.75 Å². The van der Waals surface area contributed by atoms with Crippen LogP contribution in [0.1, 0.15) is 16.7 Å². The molecule has 0 heterocycles. The maximum Gasteiger partial charge on any atom is 0.339 e. The van der Waals surface area contributed by atoms with Crippen LogP contribution < -0.4 is 4.18 Å². The first kappa shape index (κ1) is 17.5. The highest BCUT2D eigenvalue weighted by Gasteiger charge is 2.21. The molecule has 2 rings (SSSR count). The topological polar surface area (TPSA) is 77.5 Å². The summed E-state index contributed by atoms with van der Waals surface area (Å²) in [4.78, 5) is -0.265. The van der Waals surface area contributed by atoms with E-state index in [2.05, 4.69) is 0 Å². The summed E-state index contributed by atoms with van der Waals surface area (Å²) in [5.41, 5.74) is 2.40. The van der Waals surface area contributed by atoms with Gasteiger partial charge in [-0.2, -0.15) is 8.42 Å². The Morgan fingerprint density at radius 3 is 1.87 bits per heavy atom. The van der Waals surface area contributed by atoms with Crippen LogP contribution in [0.3, 0.4) is 0 Å². The lowest BCUT2D eigenvalue weighted by Crippen LogP contribution is -2.12. The lowest BCUT2D eigenvalue weighted by atomic mass is 10.1. The molecule has 0 aromatic heterocycles. The summed E-state index contributed by atoms with van der Waals surface area (Å²) in [6.07, 6.45) is 1.02. The maximum atomic E-state index is 12.5. The number of sulfone groups is 1. The van der Waals surface area contributed by atoms with Crippen LogP contribution in [0, 0.1) is 20.8 Å². The van der Waals surface area contributed by atoms with Gasteiger partial charge in [-0.1, -0.05) is 23.8 Å². The minimum Gasteiger partial charge on any atom is -0.378 e. The van der Waals surface area contributed by atoms with Crippen LogP contribution in [0.15, 0.2) is 46.2 Å². The van der Waals surface area contributed by atoms with E-state index in [-0.39, 0.29) is 15.5 Å². The minimum atomic E-state index is -4.12. The summed E-state index contributed by atoms with van der Waals surface area (Å²) in [5.74, 6) is 0.264. The summed E-state index contributed by atoms with van der Waals surface area (Å²) >= 11 is 0. The van der Waals surface area contributed by atoms with Crippen LogP contribution in [0.25, 0.3) is 0 Å². The molecule has 0 radical (unpaired) electrons. The zero-order valence-electron chi connectivity index (χ0n) is 13.3. The Labute approximate surface area is 137 Å². The molecule has 0 aliphatic rings. The third kappa shape index (κ3) is 3.92. The Morgan fingerprint density at radius 1 is 0.826 bits per heavy atom. The highest BCUT2D eigenvalue weighted by Crippen LogP contribution is 2.28. The Morgan fingerprint density at radius 2 is 1.35 bits per heavy atom. The zero-order valence-corrected chi connectivity index (χ0v) is 15.0. The fraction of sp³-hybridized carbons (Fsp3) is 0.250. The largest absolute Gasteiger partial charge is 0.378 e. The number of hydrogen-bond donors (Lipinski definition) is 0. The second-order valence-electron chi connectivity index (χ2n) is 5.51. The molecule has 0 aliphatic heterocycles. The monoisotopic (exact) mass is 354 g/mol. The van der Waals surface area contributed by atoms with Gasteiger partial charge in [0.25, 0.3) is 0 Å². The molecule has 0 unspecified atom stereocenters. The normalized spacial score (nSPS) is 12.2. The first-order chi connectivity index (χ1) is 10.5. The molecule has 23 heavy (non-hydrogen) atoms. The van der Waals surface area contributed by atoms with E-state index in [1.165, 1.54) is 18.2 Å². The second kappa shape index (κ2) is 5.98. The van der Waals surface area contributed by atoms with Crippen molar-refractivity contribution < 1.29 is 21.0 Å². The Hall–Kier alpha value is -1.86. The Balaban J connectivity index is 2.49. The molecule has 0 N–H and O–H groups in total. The van der Waals surface area contributed by atoms with Crippen molar-refractivity contribution in [3.8, 4) is 5.75 Å². The van der Waals surface area contributed by atoms with Crippen molar-refractivity contribution in [2.45, 2.75) is 30.6 Å². The summed E-state index contributed by atoms with van der Waals surface area (Å²) in [5, 5.41) is 0. The average Bonchev–Trinajstić information content (AvgIpc) is 2.42. The highest BCUT2D eigenvalue weighted by molar-refractivity contribution is 7.90. The lowest BCUT2D eigenvalue weighted by Gasteiger charge is -2.13. The van der Waals surface area contributed by atoms with Crippen molar-refractivity contribution in [2.75, 3.05) is 6.26 Å². The van der Waals surface area contributed by atoms with Crippen LogP contribution in [0.2, 0.25) is 0 Å². The van der Waals surface area contributed by atoms with E-state index in [0.717, 1.165) is 17.9 Å². The summed E-state index contributed by atoms with van der Waals surface area (Å²) < 4.78 is 53.3. The molecule has 0 aliphatic carbocycles. The first-order valence-electron chi connectivity index (χ1n) is 6.83. The molecule has 2 aromatic rings. The third-order valence-electron chi connectivity index (χ3n) is 3.32. The van der Waals surface area contributed by atoms with E-state index < -0.39 is 20.0 Å². The summed E-state index contributed by atoms with van der Waals surface area (Å²) in [7, 11) is -7.62. The maximum absolute atomic E-state index is 12.5. The number of aryl methyl sites for hydroxylation is 3. The van der Waals surface area contributed by atoms with E-state index in [1.807, 2.05) is 19.1 Å². The molecule has 0 bridgehead atoms. The smallest absolute Gasteiger partial charge is 0.339 e. The summed E-state index contributed by atoms with van der Waals surface area (Å²) in [6.45, 7) is 5.43. The molecule has 0 amide bonds. The average molecular weight is 354 g/mol. The molecule has 0 saturated carbocycles. The number of benzene rings is 2. The molecule has 0 spiro atoms. The van der Waals surface area contributed by atoms with E-state index in [0.29, 0.717) is 11.1 Å². The molecule has 124 valence electrons. The predicted molar refractivity (Wildman–Crippen MR) is 88.0 cm³/mol. The lowest BCUT2D eigenvalue weighted by molar-refractivity contribution is 0.482.